The molecule has 0 bridgehead atoms. The Kier molecular flexibility index (Phi) is 2.08. The number of nitroso groups, excluding NO2 is 1. The van der Waals surface area contributed by atoms with E-state index in [1.807, 2.05) is 0 Å². The minimum absolute atomic E-state index is 0.112. The van der Waals surface area contributed by atoms with Crippen LogP contribution in [0.1, 0.15) is 5.56 Å². The molecular weight excluding hydrogens is 216 g/mol. The first-order valence-corrected chi connectivity index (χ1v) is 4.28. The number of hydrogen-bond donors (Lipinski definition) is 1. The summed E-state index contributed by atoms with van der Waals surface area (Å²) in [6.45, 7) is 1.63. The van der Waals surface area contributed by atoms with Gasteiger partial charge >= 0.3 is 11.6 Å². The number of aryl methyl sites for hydroxylation is 1. The molecular formula is C9H6N2O5. The molecule has 0 aliphatic carbocycles. The molecule has 7 heteroatoms. The third kappa shape index (κ3) is 1.29. The Morgan fingerprint density at radius 3 is 2.75 bits per heavy atom. The zero-order chi connectivity index (χ0) is 11.9. The average Bonchev–Trinajstić information content (AvgIpc) is 2.55. The van der Waals surface area contributed by atoms with Gasteiger partial charge in [-0.25, -0.2) is 0 Å². The van der Waals surface area contributed by atoms with Gasteiger partial charge in [0, 0.05) is 11.2 Å². The summed E-state index contributed by atoms with van der Waals surface area (Å²) >= 11 is 0. The second kappa shape index (κ2) is 3.30. The van der Waals surface area contributed by atoms with Crippen molar-refractivity contribution in [2.24, 2.45) is 5.18 Å². The molecule has 0 saturated heterocycles. The highest BCUT2D eigenvalue weighted by Crippen LogP contribution is 2.42. The quantitative estimate of drug-likeness (QED) is 0.477. The number of fused-ring (bicyclic) bond motifs is 1. The number of nitrogens with zero attached hydrogens (tertiary/aromatic N) is 2. The van der Waals surface area contributed by atoms with Gasteiger partial charge in [-0.3, -0.25) is 10.1 Å². The van der Waals surface area contributed by atoms with Crippen LogP contribution >= 0.6 is 0 Å². The number of aromatic hydroxyl groups is 1. The lowest BCUT2D eigenvalue weighted by molar-refractivity contribution is -0.383. The van der Waals surface area contributed by atoms with E-state index in [2.05, 4.69) is 5.18 Å². The molecule has 1 aromatic carbocycles. The van der Waals surface area contributed by atoms with Crippen LogP contribution in [0.4, 0.5) is 11.6 Å². The van der Waals surface area contributed by atoms with E-state index in [0.717, 1.165) is 0 Å². The van der Waals surface area contributed by atoms with Crippen LogP contribution < -0.4 is 0 Å². The lowest BCUT2D eigenvalue weighted by Crippen LogP contribution is -1.89. The van der Waals surface area contributed by atoms with Crippen molar-refractivity contribution < 1.29 is 14.4 Å². The first-order valence-electron chi connectivity index (χ1n) is 4.28. The van der Waals surface area contributed by atoms with Gasteiger partial charge in [0.2, 0.25) is 5.58 Å². The SMILES string of the molecule is Cc1cc([N+](=O)[O-])c2oc(N=O)c(O)c2c1. The van der Waals surface area contributed by atoms with E-state index in [4.69, 9.17) is 4.42 Å². The molecule has 0 aliphatic rings. The van der Waals surface area contributed by atoms with Crippen molar-refractivity contribution in [1.29, 1.82) is 0 Å². The minimum Gasteiger partial charge on any atom is -0.502 e. The van der Waals surface area contributed by atoms with E-state index < -0.39 is 16.6 Å². The van der Waals surface area contributed by atoms with Gasteiger partial charge < -0.3 is 9.52 Å². The molecule has 0 atom stereocenters. The molecule has 1 aromatic heterocycles. The number of furan rings is 1. The predicted molar refractivity (Wildman–Crippen MR) is 54.7 cm³/mol. The Hall–Kier alpha value is -2.44. The largest absolute Gasteiger partial charge is 0.502 e. The Morgan fingerprint density at radius 2 is 2.19 bits per heavy atom. The highest BCUT2D eigenvalue weighted by molar-refractivity contribution is 5.94. The third-order valence-corrected chi connectivity index (χ3v) is 2.15. The number of rotatable bonds is 2. The molecule has 0 unspecified atom stereocenters. The van der Waals surface area contributed by atoms with Crippen LogP contribution in [0.3, 0.4) is 0 Å². The molecule has 0 aliphatic heterocycles. The lowest BCUT2D eigenvalue weighted by Gasteiger charge is -1.95. The minimum atomic E-state index is -0.646. The Balaban J connectivity index is 2.92. The van der Waals surface area contributed by atoms with Crippen LogP contribution in [-0.4, -0.2) is 10.0 Å². The third-order valence-electron chi connectivity index (χ3n) is 2.15. The Labute approximate surface area is 88.4 Å². The number of nitro benzene ring substituents is 1. The fourth-order valence-electron chi connectivity index (χ4n) is 1.49. The van der Waals surface area contributed by atoms with E-state index in [0.29, 0.717) is 5.56 Å². The molecule has 1 heterocycles. The molecule has 2 aromatic rings. The molecule has 2 rings (SSSR count). The summed E-state index contributed by atoms with van der Waals surface area (Å²) in [5, 5.41) is 22.8. The number of benzene rings is 1. The summed E-state index contributed by atoms with van der Waals surface area (Å²) < 4.78 is 4.82. The van der Waals surface area contributed by atoms with Gasteiger partial charge in [0.25, 0.3) is 0 Å². The second-order valence-corrected chi connectivity index (χ2v) is 3.26. The fraction of sp³-hybridized carbons (Fsp3) is 0.111. The first kappa shape index (κ1) is 10.1. The molecule has 0 amide bonds. The average molecular weight is 222 g/mol. The molecule has 82 valence electrons. The van der Waals surface area contributed by atoms with Crippen molar-refractivity contribution in [3.8, 4) is 5.75 Å². The van der Waals surface area contributed by atoms with Crippen LogP contribution in [0.15, 0.2) is 21.7 Å². The highest BCUT2D eigenvalue weighted by Gasteiger charge is 2.23. The number of nitro groups is 1. The Bertz CT molecular complexity index is 601. The summed E-state index contributed by atoms with van der Waals surface area (Å²) in [6, 6.07) is 2.77. The van der Waals surface area contributed by atoms with Crippen molar-refractivity contribution in [3.05, 3.63) is 32.7 Å². The summed E-state index contributed by atoms with van der Waals surface area (Å²) in [4.78, 5) is 20.4. The second-order valence-electron chi connectivity index (χ2n) is 3.26. The summed E-state index contributed by atoms with van der Waals surface area (Å²) in [5.41, 5.74) is 0.121. The monoisotopic (exact) mass is 222 g/mol. The lowest BCUT2D eigenvalue weighted by atomic mass is 10.1. The molecule has 7 nitrogen and oxygen atoms in total. The molecule has 0 radical (unpaired) electrons. The van der Waals surface area contributed by atoms with Gasteiger partial charge in [0.1, 0.15) is 0 Å². The molecule has 0 fully saturated rings. The molecule has 0 spiro atoms. The van der Waals surface area contributed by atoms with E-state index in [1.165, 1.54) is 12.1 Å². The molecule has 1 N–H and O–H groups in total. The topological polar surface area (TPSA) is 106 Å². The van der Waals surface area contributed by atoms with Crippen molar-refractivity contribution >= 4 is 22.5 Å². The predicted octanol–water partition coefficient (Wildman–Crippen LogP) is 2.75. The normalized spacial score (nSPS) is 10.6. The van der Waals surface area contributed by atoms with Gasteiger partial charge in [-0.15, -0.1) is 4.91 Å². The van der Waals surface area contributed by atoms with Crippen LogP contribution in [0.2, 0.25) is 0 Å². The maximum absolute atomic E-state index is 10.7. The zero-order valence-electron chi connectivity index (χ0n) is 8.13. The fourth-order valence-corrected chi connectivity index (χ4v) is 1.49. The first-order chi connectivity index (χ1) is 7.54. The highest BCUT2D eigenvalue weighted by atomic mass is 16.6. The number of hydrogen-bond acceptors (Lipinski definition) is 6. The van der Waals surface area contributed by atoms with Crippen LogP contribution in [0.25, 0.3) is 11.0 Å². The van der Waals surface area contributed by atoms with Crippen LogP contribution in [0.5, 0.6) is 5.75 Å². The molecule has 16 heavy (non-hydrogen) atoms. The van der Waals surface area contributed by atoms with E-state index >= 15 is 0 Å². The zero-order valence-corrected chi connectivity index (χ0v) is 8.13. The maximum Gasteiger partial charge on any atom is 0.312 e. The van der Waals surface area contributed by atoms with Crippen molar-refractivity contribution in [1.82, 2.24) is 0 Å². The number of non-ortho nitro benzene ring substituents is 1. The van der Waals surface area contributed by atoms with Crippen molar-refractivity contribution in [2.45, 2.75) is 6.92 Å². The Morgan fingerprint density at radius 1 is 1.50 bits per heavy atom. The van der Waals surface area contributed by atoms with E-state index in [1.54, 1.807) is 6.92 Å². The van der Waals surface area contributed by atoms with Crippen molar-refractivity contribution in [2.75, 3.05) is 0 Å². The summed E-state index contributed by atoms with van der Waals surface area (Å²) in [5.74, 6) is -1.03. The van der Waals surface area contributed by atoms with Crippen molar-refractivity contribution in [3.63, 3.8) is 0 Å². The van der Waals surface area contributed by atoms with E-state index in [9.17, 15) is 20.1 Å². The smallest absolute Gasteiger partial charge is 0.312 e. The van der Waals surface area contributed by atoms with Gasteiger partial charge in [-0.05, 0) is 18.6 Å². The van der Waals surface area contributed by atoms with E-state index in [-0.39, 0.29) is 16.7 Å². The maximum atomic E-state index is 10.7. The van der Waals surface area contributed by atoms with Gasteiger partial charge in [0.15, 0.2) is 5.75 Å². The summed E-state index contributed by atoms with van der Waals surface area (Å²) in [6.07, 6.45) is 0. The molecule has 0 saturated carbocycles. The van der Waals surface area contributed by atoms with Gasteiger partial charge in [0.05, 0.1) is 10.3 Å². The standard InChI is InChI=1S/C9H6N2O5/c1-4-2-5-7(12)9(10-13)16-8(5)6(3-4)11(14)15/h2-3,12H,1H3. The van der Waals surface area contributed by atoms with Crippen LogP contribution in [-0.2, 0) is 0 Å². The van der Waals surface area contributed by atoms with Gasteiger partial charge in [-0.1, -0.05) is 0 Å². The summed E-state index contributed by atoms with van der Waals surface area (Å²) in [7, 11) is 0. The van der Waals surface area contributed by atoms with Gasteiger partial charge in [-0.2, -0.15) is 0 Å². The van der Waals surface area contributed by atoms with Crippen LogP contribution in [0, 0.1) is 21.9 Å².